The first-order valence-electron chi connectivity index (χ1n) is 15.6. The van der Waals surface area contributed by atoms with Gasteiger partial charge in [0.2, 0.25) is 5.91 Å². The Morgan fingerprint density at radius 1 is 1.10 bits per heavy atom. The van der Waals surface area contributed by atoms with Crippen molar-refractivity contribution < 1.29 is 13.9 Å². The minimum Gasteiger partial charge on any atom is -0.461 e. The van der Waals surface area contributed by atoms with Gasteiger partial charge in [0, 0.05) is 24.8 Å². The Kier molecular flexibility index (Phi) is 6.21. The van der Waals surface area contributed by atoms with E-state index in [4.69, 9.17) is 19.7 Å². The zero-order valence-corrected chi connectivity index (χ0v) is 24.0. The Labute approximate surface area is 245 Å². The molecule has 1 aromatic carbocycles. The first kappa shape index (κ1) is 26.1. The molecule has 1 aliphatic carbocycles. The second kappa shape index (κ2) is 10.0. The Morgan fingerprint density at radius 2 is 1.93 bits per heavy atom. The lowest BCUT2D eigenvalue weighted by atomic mass is 9.87. The number of anilines is 1. The van der Waals surface area contributed by atoms with E-state index in [1.54, 1.807) is 6.20 Å². The number of hydrogen-bond donors (Lipinski definition) is 0. The molecule has 3 aromatic rings. The summed E-state index contributed by atoms with van der Waals surface area (Å²) < 4.78 is 23.0. The van der Waals surface area contributed by atoms with Crippen molar-refractivity contribution in [2.24, 2.45) is 0 Å². The van der Waals surface area contributed by atoms with Crippen molar-refractivity contribution in [3.8, 4) is 17.3 Å². The molecule has 8 nitrogen and oxygen atoms in total. The molecule has 0 unspecified atom stereocenters. The van der Waals surface area contributed by atoms with E-state index in [2.05, 4.69) is 22.4 Å². The van der Waals surface area contributed by atoms with Gasteiger partial charge in [-0.2, -0.15) is 9.97 Å². The molecule has 6 heterocycles. The van der Waals surface area contributed by atoms with Crippen LogP contribution in [0.15, 0.2) is 37.1 Å². The fraction of sp³-hybridized carbons (Fsp3) is 0.515. The minimum absolute atomic E-state index is 0.0301. The van der Waals surface area contributed by atoms with Gasteiger partial charge in [0.15, 0.2) is 5.82 Å². The second-order valence-electron chi connectivity index (χ2n) is 12.7. The van der Waals surface area contributed by atoms with Crippen molar-refractivity contribution in [3.63, 3.8) is 0 Å². The molecule has 0 spiro atoms. The molecule has 2 atom stereocenters. The molecular formula is C33H37FN6O2. The van der Waals surface area contributed by atoms with E-state index in [9.17, 15) is 4.79 Å². The van der Waals surface area contributed by atoms with E-state index in [0.717, 1.165) is 63.6 Å². The largest absolute Gasteiger partial charge is 0.461 e. The minimum atomic E-state index is -0.423. The highest BCUT2D eigenvalue weighted by Gasteiger charge is 2.50. The van der Waals surface area contributed by atoms with Gasteiger partial charge in [-0.05, 0) is 88.1 Å². The zero-order valence-electron chi connectivity index (χ0n) is 24.0. The molecule has 4 aliphatic heterocycles. The van der Waals surface area contributed by atoms with E-state index >= 15 is 4.39 Å². The predicted molar refractivity (Wildman–Crippen MR) is 159 cm³/mol. The van der Waals surface area contributed by atoms with Gasteiger partial charge in [-0.15, -0.1) is 0 Å². The van der Waals surface area contributed by atoms with Gasteiger partial charge < -0.3 is 14.5 Å². The van der Waals surface area contributed by atoms with E-state index in [0.29, 0.717) is 36.6 Å². The van der Waals surface area contributed by atoms with Crippen molar-refractivity contribution in [2.45, 2.75) is 75.4 Å². The molecule has 0 N–H and O–H groups in total. The molecule has 0 radical (unpaired) electrons. The molecule has 42 heavy (non-hydrogen) atoms. The number of nitrogens with zero attached hydrogens (tertiary/aromatic N) is 6. The van der Waals surface area contributed by atoms with Gasteiger partial charge >= 0.3 is 6.01 Å². The third-order valence-corrected chi connectivity index (χ3v) is 10.6. The number of aromatic nitrogens is 3. The van der Waals surface area contributed by atoms with Gasteiger partial charge in [-0.3, -0.25) is 14.7 Å². The Balaban J connectivity index is 1.20. The highest BCUT2D eigenvalue weighted by atomic mass is 19.1. The number of halogens is 1. The second-order valence-corrected chi connectivity index (χ2v) is 12.7. The quantitative estimate of drug-likeness (QED) is 0.400. The van der Waals surface area contributed by atoms with E-state index < -0.39 is 5.82 Å². The fourth-order valence-corrected chi connectivity index (χ4v) is 8.41. The average Bonchev–Trinajstić information content (AvgIpc) is 3.68. The van der Waals surface area contributed by atoms with Gasteiger partial charge in [0.05, 0.1) is 23.0 Å². The number of carbonyl (C=O) groups excluding carboxylic acids is 1. The summed E-state index contributed by atoms with van der Waals surface area (Å²) in [5.74, 6) is 0.178. The summed E-state index contributed by atoms with van der Waals surface area (Å²) in [5.41, 5.74) is 3.97. The van der Waals surface area contributed by atoms with Gasteiger partial charge in [0.1, 0.15) is 23.6 Å². The summed E-state index contributed by atoms with van der Waals surface area (Å²) in [6.45, 7) is 7.70. The van der Waals surface area contributed by atoms with E-state index in [1.807, 2.05) is 17.0 Å². The fourth-order valence-electron chi connectivity index (χ4n) is 8.41. The molecule has 2 aromatic heterocycles. The van der Waals surface area contributed by atoms with Crippen LogP contribution in [-0.4, -0.2) is 81.1 Å². The highest BCUT2D eigenvalue weighted by Crippen LogP contribution is 2.42. The average molecular weight is 569 g/mol. The Morgan fingerprint density at radius 3 is 2.76 bits per heavy atom. The predicted octanol–water partition coefficient (Wildman–Crippen LogP) is 4.69. The number of fused-ring (bicyclic) bond motifs is 4. The van der Waals surface area contributed by atoms with Gasteiger partial charge in [-0.25, -0.2) is 4.39 Å². The number of rotatable bonds is 6. The highest BCUT2D eigenvalue weighted by molar-refractivity contribution is 5.93. The van der Waals surface area contributed by atoms with Gasteiger partial charge in [-0.1, -0.05) is 24.8 Å². The van der Waals surface area contributed by atoms with Crippen LogP contribution in [0.25, 0.3) is 22.2 Å². The van der Waals surface area contributed by atoms with Crippen molar-refractivity contribution in [2.75, 3.05) is 37.7 Å². The lowest BCUT2D eigenvalue weighted by molar-refractivity contribution is -0.127. The van der Waals surface area contributed by atoms with Crippen molar-refractivity contribution in [1.82, 2.24) is 24.8 Å². The van der Waals surface area contributed by atoms with Crippen molar-refractivity contribution in [3.05, 3.63) is 54.0 Å². The number of pyridine rings is 1. The molecule has 0 bridgehead atoms. The third kappa shape index (κ3) is 3.96. The summed E-state index contributed by atoms with van der Waals surface area (Å²) in [5, 5.41) is 0.585. The topological polar surface area (TPSA) is 74.7 Å². The summed E-state index contributed by atoms with van der Waals surface area (Å²) in [4.78, 5) is 33.3. The van der Waals surface area contributed by atoms with Crippen LogP contribution in [0.1, 0.15) is 56.1 Å². The number of carbonyl (C=O) groups is 1. The van der Waals surface area contributed by atoms with Crippen LogP contribution in [0.4, 0.5) is 10.2 Å². The van der Waals surface area contributed by atoms with Crippen LogP contribution in [0, 0.1) is 5.82 Å². The molecule has 4 saturated heterocycles. The maximum Gasteiger partial charge on any atom is 0.319 e. The van der Waals surface area contributed by atoms with E-state index in [-0.39, 0.29) is 35.1 Å². The Bertz CT molecular complexity index is 1580. The first-order valence-corrected chi connectivity index (χ1v) is 15.6. The maximum absolute atomic E-state index is 16.6. The van der Waals surface area contributed by atoms with Crippen LogP contribution in [-0.2, 0) is 17.6 Å². The molecule has 4 fully saturated rings. The molecular weight excluding hydrogens is 531 g/mol. The molecule has 1 amide bonds. The van der Waals surface area contributed by atoms with Crippen molar-refractivity contribution >= 4 is 22.6 Å². The summed E-state index contributed by atoms with van der Waals surface area (Å²) in [6, 6.07) is 6.58. The Hall–Kier alpha value is -3.59. The van der Waals surface area contributed by atoms with Crippen LogP contribution in [0.5, 0.6) is 6.01 Å². The number of amides is 1. The van der Waals surface area contributed by atoms with Crippen LogP contribution in [0.3, 0.4) is 0 Å². The lowest BCUT2D eigenvalue weighted by Crippen LogP contribution is -2.63. The number of likely N-dealkylation sites (tertiary alicyclic amines) is 1. The van der Waals surface area contributed by atoms with Crippen LogP contribution < -0.4 is 9.64 Å². The smallest absolute Gasteiger partial charge is 0.319 e. The van der Waals surface area contributed by atoms with Crippen molar-refractivity contribution in [1.29, 1.82) is 0 Å². The standard InChI is InChI=1S/C33H37FN6O2/c1-2-27(41)39-17-12-25-26(39)19-40(25)31-24-18-35-29(23-11-5-9-21-8-3-4-10-22(21)23)28(34)30(24)36-32(37-31)42-20-33-13-6-15-38(33)16-7-14-33/h2,5,9,11,18,25-26H,1,3-4,6-8,10,12-17,19-20H2/t25-,26-/m1/s1. The third-order valence-electron chi connectivity index (χ3n) is 10.6. The first-order chi connectivity index (χ1) is 20.6. The summed E-state index contributed by atoms with van der Waals surface area (Å²) >= 11 is 0. The number of benzene rings is 1. The summed E-state index contributed by atoms with van der Waals surface area (Å²) in [7, 11) is 0. The van der Waals surface area contributed by atoms with Crippen LogP contribution >= 0.6 is 0 Å². The van der Waals surface area contributed by atoms with Gasteiger partial charge in [0.25, 0.3) is 0 Å². The number of ether oxygens (including phenoxy) is 1. The summed E-state index contributed by atoms with van der Waals surface area (Å²) in [6.07, 6.45) is 12.7. The monoisotopic (exact) mass is 568 g/mol. The molecule has 0 saturated carbocycles. The van der Waals surface area contributed by atoms with Crippen LogP contribution in [0.2, 0.25) is 0 Å². The number of hydrogen-bond acceptors (Lipinski definition) is 7. The molecule has 5 aliphatic rings. The lowest BCUT2D eigenvalue weighted by Gasteiger charge is -2.47. The maximum atomic E-state index is 16.6. The molecule has 9 heteroatoms. The van der Waals surface area contributed by atoms with E-state index in [1.165, 1.54) is 30.0 Å². The zero-order chi connectivity index (χ0) is 28.4. The number of aryl methyl sites for hydroxylation is 1. The SMILES string of the molecule is C=CC(=O)N1CC[C@@H]2[C@H]1CN2c1nc(OCC23CCCN2CCC3)nc2c(F)c(-c3cccc4c3CCCC4)ncc12. The normalized spacial score (nSPS) is 24.3. The molecule has 218 valence electrons. The molecule has 8 rings (SSSR count).